The quantitative estimate of drug-likeness (QED) is 0.769. The minimum Gasteiger partial charge on any atom is -0.385 e. The first-order chi connectivity index (χ1) is 11.1. The maximum Gasteiger partial charge on any atom is 0.257 e. The van der Waals surface area contributed by atoms with Gasteiger partial charge in [0, 0.05) is 32.1 Å². The fourth-order valence-corrected chi connectivity index (χ4v) is 2.21. The van der Waals surface area contributed by atoms with E-state index in [1.807, 2.05) is 38.1 Å². The van der Waals surface area contributed by atoms with Gasteiger partial charge in [0.2, 0.25) is 0 Å². The number of rotatable bonds is 7. The van der Waals surface area contributed by atoms with Crippen molar-refractivity contribution in [2.24, 2.45) is 0 Å². The van der Waals surface area contributed by atoms with E-state index < -0.39 is 0 Å². The van der Waals surface area contributed by atoms with E-state index in [0.717, 1.165) is 30.0 Å². The Labute approximate surface area is 137 Å². The molecule has 2 aromatic rings. The predicted octanol–water partition coefficient (Wildman–Crippen LogP) is 3.40. The number of carbonyl (C=O) groups is 1. The molecule has 2 N–H and O–H groups in total. The number of nitrogens with zero attached hydrogens (tertiary/aromatic N) is 1. The lowest BCUT2D eigenvalue weighted by Gasteiger charge is -2.10. The Hall–Kier alpha value is -2.40. The largest absolute Gasteiger partial charge is 0.385 e. The first-order valence-electron chi connectivity index (χ1n) is 7.67. The smallest absolute Gasteiger partial charge is 0.257 e. The molecule has 122 valence electrons. The average Bonchev–Trinajstić information content (AvgIpc) is 2.55. The summed E-state index contributed by atoms with van der Waals surface area (Å²) in [4.78, 5) is 16.5. The highest BCUT2D eigenvalue weighted by Gasteiger charge is 2.08. The summed E-state index contributed by atoms with van der Waals surface area (Å²) in [5.41, 5.74) is 3.57. The molecule has 2 rings (SSSR count). The Kier molecular flexibility index (Phi) is 6.11. The molecule has 5 heteroatoms. The molecule has 0 saturated carbocycles. The molecule has 0 aliphatic heterocycles. The van der Waals surface area contributed by atoms with Crippen LogP contribution in [0, 0.1) is 13.8 Å². The van der Waals surface area contributed by atoms with Crippen molar-refractivity contribution in [3.63, 3.8) is 0 Å². The van der Waals surface area contributed by atoms with E-state index in [9.17, 15) is 4.79 Å². The highest BCUT2D eigenvalue weighted by atomic mass is 16.5. The lowest BCUT2D eigenvalue weighted by molar-refractivity contribution is 0.102. The second-order valence-electron chi connectivity index (χ2n) is 5.48. The molecule has 23 heavy (non-hydrogen) atoms. The van der Waals surface area contributed by atoms with Crippen LogP contribution in [0.15, 0.2) is 36.5 Å². The first kappa shape index (κ1) is 17.0. The molecular formula is C18H23N3O2. The summed E-state index contributed by atoms with van der Waals surface area (Å²) in [7, 11) is 1.68. The van der Waals surface area contributed by atoms with Crippen molar-refractivity contribution in [1.82, 2.24) is 4.98 Å². The van der Waals surface area contributed by atoms with Gasteiger partial charge in [0.1, 0.15) is 5.82 Å². The first-order valence-corrected chi connectivity index (χ1v) is 7.67. The number of methoxy groups -OCH3 is 1. The number of amides is 1. The number of hydrogen-bond donors (Lipinski definition) is 2. The summed E-state index contributed by atoms with van der Waals surface area (Å²) >= 11 is 0. The summed E-state index contributed by atoms with van der Waals surface area (Å²) < 4.78 is 4.99. The normalized spacial score (nSPS) is 10.4. The van der Waals surface area contributed by atoms with Gasteiger partial charge in [-0.05, 0) is 44.0 Å². The Morgan fingerprint density at radius 3 is 2.70 bits per heavy atom. The molecule has 0 unspecified atom stereocenters. The fourth-order valence-electron chi connectivity index (χ4n) is 2.21. The lowest BCUT2D eigenvalue weighted by atomic mass is 10.1. The van der Waals surface area contributed by atoms with Gasteiger partial charge in [-0.1, -0.05) is 17.7 Å². The van der Waals surface area contributed by atoms with Gasteiger partial charge < -0.3 is 15.4 Å². The van der Waals surface area contributed by atoms with Crippen LogP contribution in [0.4, 0.5) is 11.5 Å². The van der Waals surface area contributed by atoms with E-state index in [1.165, 1.54) is 5.56 Å². The van der Waals surface area contributed by atoms with E-state index in [4.69, 9.17) is 4.74 Å². The van der Waals surface area contributed by atoms with E-state index >= 15 is 0 Å². The van der Waals surface area contributed by atoms with Gasteiger partial charge in [0.05, 0.1) is 5.56 Å². The third kappa shape index (κ3) is 5.07. The van der Waals surface area contributed by atoms with Crippen molar-refractivity contribution in [3.8, 4) is 0 Å². The molecule has 5 nitrogen and oxygen atoms in total. The molecule has 0 spiro atoms. The number of nitrogens with one attached hydrogen (secondary N) is 2. The molecule has 0 aliphatic rings. The second kappa shape index (κ2) is 8.29. The Bertz CT molecular complexity index is 654. The fraction of sp³-hybridized carbons (Fsp3) is 0.333. The summed E-state index contributed by atoms with van der Waals surface area (Å²) in [6, 6.07) is 9.52. The summed E-state index contributed by atoms with van der Waals surface area (Å²) in [5, 5.41) is 6.11. The zero-order valence-corrected chi connectivity index (χ0v) is 13.8. The van der Waals surface area contributed by atoms with Crippen LogP contribution in [0.25, 0.3) is 0 Å². The number of hydrogen-bond acceptors (Lipinski definition) is 4. The number of carbonyl (C=O) groups excluding carboxylic acids is 1. The zero-order chi connectivity index (χ0) is 16.7. The molecule has 1 aromatic carbocycles. The van der Waals surface area contributed by atoms with Gasteiger partial charge in [-0.25, -0.2) is 4.98 Å². The van der Waals surface area contributed by atoms with Crippen LogP contribution < -0.4 is 10.6 Å². The molecule has 0 bridgehead atoms. The highest BCUT2D eigenvalue weighted by molar-refractivity contribution is 6.04. The molecule has 0 aliphatic carbocycles. The number of aromatic nitrogens is 1. The SMILES string of the molecule is COCCCNc1ccc(C(=O)Nc2ccc(C)cc2C)cn1. The Balaban J connectivity index is 1.94. The Morgan fingerprint density at radius 2 is 2.04 bits per heavy atom. The molecule has 0 atom stereocenters. The second-order valence-corrected chi connectivity index (χ2v) is 5.48. The number of pyridine rings is 1. The van der Waals surface area contributed by atoms with E-state index in [2.05, 4.69) is 15.6 Å². The number of anilines is 2. The van der Waals surface area contributed by atoms with Crippen molar-refractivity contribution in [2.75, 3.05) is 30.9 Å². The van der Waals surface area contributed by atoms with Crippen LogP contribution in [0.1, 0.15) is 27.9 Å². The van der Waals surface area contributed by atoms with Gasteiger partial charge in [-0.15, -0.1) is 0 Å². The van der Waals surface area contributed by atoms with Crippen molar-refractivity contribution in [1.29, 1.82) is 0 Å². The number of ether oxygens (including phenoxy) is 1. The van der Waals surface area contributed by atoms with Crippen LogP contribution >= 0.6 is 0 Å². The van der Waals surface area contributed by atoms with Crippen molar-refractivity contribution >= 4 is 17.4 Å². The van der Waals surface area contributed by atoms with Gasteiger partial charge in [0.25, 0.3) is 5.91 Å². The van der Waals surface area contributed by atoms with Crippen molar-refractivity contribution in [3.05, 3.63) is 53.2 Å². The molecule has 1 aromatic heterocycles. The summed E-state index contributed by atoms with van der Waals surface area (Å²) in [6.07, 6.45) is 2.49. The molecular weight excluding hydrogens is 290 g/mol. The maximum absolute atomic E-state index is 12.3. The van der Waals surface area contributed by atoms with E-state index in [1.54, 1.807) is 19.4 Å². The number of aryl methyl sites for hydroxylation is 2. The molecule has 1 heterocycles. The van der Waals surface area contributed by atoms with Crippen LogP contribution in [-0.4, -0.2) is 31.2 Å². The van der Waals surface area contributed by atoms with Crippen LogP contribution in [0.2, 0.25) is 0 Å². The molecule has 1 amide bonds. The molecule has 0 radical (unpaired) electrons. The van der Waals surface area contributed by atoms with Gasteiger partial charge in [0.15, 0.2) is 0 Å². The van der Waals surface area contributed by atoms with Crippen molar-refractivity contribution < 1.29 is 9.53 Å². The van der Waals surface area contributed by atoms with Gasteiger partial charge in [-0.2, -0.15) is 0 Å². The summed E-state index contributed by atoms with van der Waals surface area (Å²) in [5.74, 6) is 0.597. The van der Waals surface area contributed by atoms with Gasteiger partial charge >= 0.3 is 0 Å². The zero-order valence-electron chi connectivity index (χ0n) is 13.8. The van der Waals surface area contributed by atoms with E-state index in [0.29, 0.717) is 12.2 Å². The van der Waals surface area contributed by atoms with Crippen molar-refractivity contribution in [2.45, 2.75) is 20.3 Å². The minimum absolute atomic E-state index is 0.157. The van der Waals surface area contributed by atoms with Gasteiger partial charge in [-0.3, -0.25) is 4.79 Å². The molecule has 0 fully saturated rings. The summed E-state index contributed by atoms with van der Waals surface area (Å²) in [6.45, 7) is 5.51. The van der Waals surface area contributed by atoms with Crippen LogP contribution in [-0.2, 0) is 4.74 Å². The van der Waals surface area contributed by atoms with E-state index in [-0.39, 0.29) is 5.91 Å². The monoisotopic (exact) mass is 313 g/mol. The Morgan fingerprint density at radius 1 is 1.22 bits per heavy atom. The van der Waals surface area contributed by atoms with Crippen LogP contribution in [0.5, 0.6) is 0 Å². The third-order valence-corrected chi connectivity index (χ3v) is 3.49. The predicted molar refractivity (Wildman–Crippen MR) is 93.1 cm³/mol. The maximum atomic E-state index is 12.3. The number of benzene rings is 1. The lowest BCUT2D eigenvalue weighted by Crippen LogP contribution is -2.13. The molecule has 0 saturated heterocycles. The third-order valence-electron chi connectivity index (χ3n) is 3.49. The standard InChI is InChI=1S/C18H23N3O2/c1-13-5-7-16(14(2)11-13)21-18(22)15-6-8-17(20-12-15)19-9-4-10-23-3/h5-8,11-12H,4,9-10H2,1-3H3,(H,19,20)(H,21,22). The topological polar surface area (TPSA) is 63.2 Å². The van der Waals surface area contributed by atoms with Crippen LogP contribution in [0.3, 0.4) is 0 Å². The minimum atomic E-state index is -0.157. The highest BCUT2D eigenvalue weighted by Crippen LogP contribution is 2.17. The average molecular weight is 313 g/mol.